The van der Waals surface area contributed by atoms with Crippen LogP contribution in [0.2, 0.25) is 0 Å². The molecule has 0 aromatic rings. The maximum atomic E-state index is 11.1. The maximum absolute atomic E-state index is 11.1. The van der Waals surface area contributed by atoms with Crippen molar-refractivity contribution in [1.29, 1.82) is 21.0 Å². The number of carbonyl (C=O) groups excluding carboxylic acids is 1. The molecule has 0 aromatic carbocycles. The molecule has 0 radical (unpaired) electrons. The Morgan fingerprint density at radius 1 is 1.19 bits per heavy atom. The number of nitrogens with zero attached hydrogens (tertiary/aromatic N) is 4. The average Bonchev–Trinajstić information content (AvgIpc) is 2.28. The van der Waals surface area contributed by atoms with Gasteiger partial charge in [-0.2, -0.15) is 21.0 Å². The molecule has 16 heavy (non-hydrogen) atoms. The van der Waals surface area contributed by atoms with Crippen LogP contribution in [-0.2, 0) is 4.79 Å². The van der Waals surface area contributed by atoms with Gasteiger partial charge in [0.05, 0.1) is 24.3 Å². The van der Waals surface area contributed by atoms with Crippen LogP contribution in [0.1, 0.15) is 20.3 Å². The Hall–Kier alpha value is -2.37. The molecule has 5 heteroatoms. The van der Waals surface area contributed by atoms with Crippen LogP contribution >= 0.6 is 0 Å². The van der Waals surface area contributed by atoms with E-state index in [-0.39, 0.29) is 12.2 Å². The quantitative estimate of drug-likeness (QED) is 0.699. The molecule has 0 aliphatic carbocycles. The predicted octanol–water partition coefficient (Wildman–Crippen LogP) is 1.30. The van der Waals surface area contributed by atoms with Gasteiger partial charge in [0, 0.05) is 5.92 Å². The second kappa shape index (κ2) is 5.50. The highest BCUT2D eigenvalue weighted by Gasteiger charge is 2.42. The van der Waals surface area contributed by atoms with Gasteiger partial charge in [-0.15, -0.1) is 0 Å². The number of ketones is 1. The van der Waals surface area contributed by atoms with Crippen molar-refractivity contribution in [2.75, 3.05) is 0 Å². The number of Topliss-reactive ketones (excluding diaryl/α,β-unsaturated/α-hetero) is 1. The van der Waals surface area contributed by atoms with E-state index >= 15 is 0 Å². The molecule has 0 rings (SSSR count). The summed E-state index contributed by atoms with van der Waals surface area (Å²) in [5.41, 5.74) is -1.73. The van der Waals surface area contributed by atoms with Crippen molar-refractivity contribution in [2.24, 2.45) is 17.3 Å². The molecule has 1 unspecified atom stereocenters. The largest absolute Gasteiger partial charge is 0.300 e. The molecule has 0 aliphatic heterocycles. The zero-order chi connectivity index (χ0) is 12.8. The first-order chi connectivity index (χ1) is 7.47. The molecule has 0 saturated carbocycles. The average molecular weight is 214 g/mol. The van der Waals surface area contributed by atoms with E-state index in [2.05, 4.69) is 0 Å². The lowest BCUT2D eigenvalue weighted by Gasteiger charge is -2.21. The molecule has 0 aliphatic rings. The SMILES string of the molecule is CC(=O)C(C)CC(C#N)(C#N)C(C#N)C#N. The molecular formula is C11H10N4O. The fourth-order valence-electron chi connectivity index (χ4n) is 1.24. The number of hydrogen-bond acceptors (Lipinski definition) is 5. The Kier molecular flexibility index (Phi) is 4.68. The van der Waals surface area contributed by atoms with Crippen LogP contribution in [0.25, 0.3) is 0 Å². The normalized spacial score (nSPS) is 11.7. The summed E-state index contributed by atoms with van der Waals surface area (Å²) in [6.45, 7) is 2.91. The van der Waals surface area contributed by atoms with Crippen LogP contribution in [0, 0.1) is 62.6 Å². The summed E-state index contributed by atoms with van der Waals surface area (Å²) >= 11 is 0. The molecule has 0 bridgehead atoms. The van der Waals surface area contributed by atoms with Crippen LogP contribution in [0.5, 0.6) is 0 Å². The first kappa shape index (κ1) is 13.6. The summed E-state index contributed by atoms with van der Waals surface area (Å²) in [5, 5.41) is 35.3. The summed E-state index contributed by atoms with van der Waals surface area (Å²) in [6, 6.07) is 6.63. The highest BCUT2D eigenvalue weighted by molar-refractivity contribution is 5.78. The number of hydrogen-bond donors (Lipinski definition) is 0. The third kappa shape index (κ3) is 2.57. The van der Waals surface area contributed by atoms with Gasteiger partial charge < -0.3 is 0 Å². The van der Waals surface area contributed by atoms with E-state index in [0.717, 1.165) is 0 Å². The van der Waals surface area contributed by atoms with Crippen molar-refractivity contribution in [1.82, 2.24) is 0 Å². The molecule has 1 atom stereocenters. The van der Waals surface area contributed by atoms with E-state index in [9.17, 15) is 4.79 Å². The Morgan fingerprint density at radius 3 is 1.88 bits per heavy atom. The van der Waals surface area contributed by atoms with Gasteiger partial charge in [0.15, 0.2) is 11.3 Å². The lowest BCUT2D eigenvalue weighted by Crippen LogP contribution is -2.29. The highest BCUT2D eigenvalue weighted by atomic mass is 16.1. The third-order valence-corrected chi connectivity index (χ3v) is 2.47. The molecular weight excluding hydrogens is 204 g/mol. The van der Waals surface area contributed by atoms with Crippen LogP contribution in [0.3, 0.4) is 0 Å². The van der Waals surface area contributed by atoms with Gasteiger partial charge in [-0.25, -0.2) is 0 Å². The van der Waals surface area contributed by atoms with Gasteiger partial charge in [-0.05, 0) is 13.3 Å². The van der Waals surface area contributed by atoms with E-state index in [0.29, 0.717) is 0 Å². The van der Waals surface area contributed by atoms with Crippen molar-refractivity contribution in [3.63, 3.8) is 0 Å². The smallest absolute Gasteiger partial charge is 0.173 e. The summed E-state index contributed by atoms with van der Waals surface area (Å²) in [4.78, 5) is 11.1. The summed E-state index contributed by atoms with van der Waals surface area (Å²) in [7, 11) is 0. The van der Waals surface area contributed by atoms with Crippen LogP contribution in [-0.4, -0.2) is 5.78 Å². The number of carbonyl (C=O) groups is 1. The van der Waals surface area contributed by atoms with Gasteiger partial charge in [0.1, 0.15) is 5.78 Å². The third-order valence-electron chi connectivity index (χ3n) is 2.47. The maximum Gasteiger partial charge on any atom is 0.173 e. The molecule has 0 N–H and O–H groups in total. The highest BCUT2D eigenvalue weighted by Crippen LogP contribution is 2.33. The minimum Gasteiger partial charge on any atom is -0.300 e. The second-order valence-corrected chi connectivity index (χ2v) is 3.60. The fourth-order valence-corrected chi connectivity index (χ4v) is 1.24. The van der Waals surface area contributed by atoms with Crippen molar-refractivity contribution < 1.29 is 4.79 Å². The summed E-state index contributed by atoms with van der Waals surface area (Å²) in [6.07, 6.45) is -0.0961. The Morgan fingerprint density at radius 2 is 1.62 bits per heavy atom. The summed E-state index contributed by atoms with van der Waals surface area (Å²) < 4.78 is 0. The van der Waals surface area contributed by atoms with Crippen molar-refractivity contribution >= 4 is 5.78 Å². The molecule has 0 amide bonds. The van der Waals surface area contributed by atoms with Crippen molar-refractivity contribution in [3.8, 4) is 24.3 Å². The molecule has 0 saturated heterocycles. The van der Waals surface area contributed by atoms with Gasteiger partial charge >= 0.3 is 0 Å². The van der Waals surface area contributed by atoms with Gasteiger partial charge in [-0.1, -0.05) is 6.92 Å². The van der Waals surface area contributed by atoms with E-state index in [4.69, 9.17) is 21.0 Å². The van der Waals surface area contributed by atoms with Gasteiger partial charge in [-0.3, -0.25) is 4.79 Å². The summed E-state index contributed by atoms with van der Waals surface area (Å²) in [5.74, 6) is -2.04. The molecule has 0 aromatic heterocycles. The first-order valence-electron chi connectivity index (χ1n) is 4.59. The Labute approximate surface area is 94.1 Å². The Balaban J connectivity index is 5.27. The molecule has 0 fully saturated rings. The monoisotopic (exact) mass is 214 g/mol. The molecule has 80 valence electrons. The zero-order valence-electron chi connectivity index (χ0n) is 9.06. The van der Waals surface area contributed by atoms with Crippen LogP contribution < -0.4 is 0 Å². The predicted molar refractivity (Wildman–Crippen MR) is 52.8 cm³/mol. The fraction of sp³-hybridized carbons (Fsp3) is 0.545. The van der Waals surface area contributed by atoms with Crippen LogP contribution in [0.15, 0.2) is 0 Å². The van der Waals surface area contributed by atoms with E-state index in [1.807, 2.05) is 0 Å². The standard InChI is InChI=1S/C11H10N4O/c1-8(9(2)16)3-11(6-14,7-15)10(4-12)5-13/h8,10H,3H2,1-2H3. The minimum absolute atomic E-state index is 0.0961. The zero-order valence-corrected chi connectivity index (χ0v) is 9.06. The van der Waals surface area contributed by atoms with Crippen LogP contribution in [0.4, 0.5) is 0 Å². The van der Waals surface area contributed by atoms with Crippen molar-refractivity contribution in [3.05, 3.63) is 0 Å². The number of rotatable bonds is 4. The van der Waals surface area contributed by atoms with Gasteiger partial charge in [0.2, 0.25) is 0 Å². The topological polar surface area (TPSA) is 112 Å². The lowest BCUT2D eigenvalue weighted by molar-refractivity contribution is -0.120. The van der Waals surface area contributed by atoms with E-state index in [1.165, 1.54) is 6.92 Å². The second-order valence-electron chi connectivity index (χ2n) is 3.60. The molecule has 0 heterocycles. The van der Waals surface area contributed by atoms with E-state index < -0.39 is 17.3 Å². The first-order valence-corrected chi connectivity index (χ1v) is 4.59. The minimum atomic E-state index is -1.73. The molecule has 0 spiro atoms. The number of nitriles is 4. The van der Waals surface area contributed by atoms with E-state index in [1.54, 1.807) is 31.2 Å². The van der Waals surface area contributed by atoms with Crippen molar-refractivity contribution in [2.45, 2.75) is 20.3 Å². The van der Waals surface area contributed by atoms with Gasteiger partial charge in [0.25, 0.3) is 0 Å². The molecule has 5 nitrogen and oxygen atoms in total. The lowest BCUT2D eigenvalue weighted by atomic mass is 9.72. The Bertz CT molecular complexity index is 413.